The maximum atomic E-state index is 13.3. The number of hydrogen-bond donors (Lipinski definition) is 1. The molecule has 1 N–H and O–H groups in total. The highest BCUT2D eigenvalue weighted by Crippen LogP contribution is 2.35. The Balaban J connectivity index is 1.89. The lowest BCUT2D eigenvalue weighted by atomic mass is 10.3. The number of nitrogens with one attached hydrogen (secondary N) is 1. The van der Waals surface area contributed by atoms with Crippen molar-refractivity contribution in [2.45, 2.75) is 11.8 Å². The first kappa shape index (κ1) is 19.3. The smallest absolute Gasteiger partial charge is 0.266 e. The van der Waals surface area contributed by atoms with Crippen LogP contribution in [0.15, 0.2) is 58.9 Å². The first-order chi connectivity index (χ1) is 13.9. The highest BCUT2D eigenvalue weighted by atomic mass is 32.2. The Morgan fingerprint density at radius 2 is 1.93 bits per heavy atom. The summed E-state index contributed by atoms with van der Waals surface area (Å²) in [5.41, 5.74) is 2.25. The van der Waals surface area contributed by atoms with Gasteiger partial charge in [-0.15, -0.1) is 11.3 Å². The van der Waals surface area contributed by atoms with Crippen LogP contribution in [0.3, 0.4) is 0 Å². The van der Waals surface area contributed by atoms with Crippen LogP contribution in [0.4, 0.5) is 5.82 Å². The van der Waals surface area contributed by atoms with Crippen molar-refractivity contribution in [1.82, 2.24) is 9.38 Å². The molecule has 0 saturated carbocycles. The van der Waals surface area contributed by atoms with Crippen molar-refractivity contribution in [3.63, 3.8) is 0 Å². The van der Waals surface area contributed by atoms with Crippen LogP contribution >= 0.6 is 11.3 Å². The van der Waals surface area contributed by atoms with E-state index in [9.17, 15) is 8.42 Å². The lowest BCUT2D eigenvalue weighted by Crippen LogP contribution is -2.16. The Bertz CT molecular complexity index is 1280. The quantitative estimate of drug-likeness (QED) is 0.497. The van der Waals surface area contributed by atoms with Crippen LogP contribution in [0.1, 0.15) is 5.56 Å². The summed E-state index contributed by atoms with van der Waals surface area (Å²) < 4.78 is 41.5. The van der Waals surface area contributed by atoms with E-state index in [-0.39, 0.29) is 10.6 Å². The second kappa shape index (κ2) is 7.41. The van der Waals surface area contributed by atoms with Gasteiger partial charge in [0, 0.05) is 12.3 Å². The van der Waals surface area contributed by atoms with Crippen LogP contribution in [0.2, 0.25) is 0 Å². The van der Waals surface area contributed by atoms with Gasteiger partial charge in [-0.25, -0.2) is 13.4 Å². The molecular weight excluding hydrogens is 410 g/mol. The molecule has 0 fully saturated rings. The van der Waals surface area contributed by atoms with Crippen LogP contribution in [-0.2, 0) is 10.0 Å². The number of aromatic nitrogens is 2. The summed E-state index contributed by atoms with van der Waals surface area (Å²) in [5, 5.41) is 1.92. The molecule has 0 spiro atoms. The highest BCUT2D eigenvalue weighted by Gasteiger charge is 2.25. The number of aryl methyl sites for hydroxylation is 1. The number of ether oxygens (including phenoxy) is 2. The summed E-state index contributed by atoms with van der Waals surface area (Å²) in [4.78, 5) is 5.51. The molecule has 0 atom stereocenters. The van der Waals surface area contributed by atoms with Gasteiger partial charge in [0.05, 0.1) is 19.1 Å². The zero-order valence-electron chi connectivity index (χ0n) is 16.0. The first-order valence-electron chi connectivity index (χ1n) is 8.70. The average Bonchev–Trinajstić information content (AvgIpc) is 3.35. The monoisotopic (exact) mass is 429 g/mol. The summed E-state index contributed by atoms with van der Waals surface area (Å²) in [6.07, 6.45) is 1.80. The molecular formula is C20H19N3O4S2. The van der Waals surface area contributed by atoms with Gasteiger partial charge in [-0.05, 0) is 48.2 Å². The van der Waals surface area contributed by atoms with E-state index in [4.69, 9.17) is 9.47 Å². The van der Waals surface area contributed by atoms with Gasteiger partial charge < -0.3 is 9.47 Å². The van der Waals surface area contributed by atoms with E-state index < -0.39 is 10.0 Å². The molecule has 0 saturated heterocycles. The minimum atomic E-state index is -3.98. The molecule has 0 unspecified atom stereocenters. The lowest BCUT2D eigenvalue weighted by molar-refractivity contribution is 0.392. The van der Waals surface area contributed by atoms with Gasteiger partial charge in [-0.1, -0.05) is 6.07 Å². The van der Waals surface area contributed by atoms with E-state index in [0.717, 1.165) is 10.4 Å². The Morgan fingerprint density at radius 1 is 1.10 bits per heavy atom. The van der Waals surface area contributed by atoms with Crippen molar-refractivity contribution in [1.29, 1.82) is 0 Å². The van der Waals surface area contributed by atoms with Crippen molar-refractivity contribution in [2.24, 2.45) is 0 Å². The fourth-order valence-corrected chi connectivity index (χ4v) is 4.97. The number of hydrogen-bond acceptors (Lipinski definition) is 6. The van der Waals surface area contributed by atoms with Crippen LogP contribution in [0, 0.1) is 6.92 Å². The topological polar surface area (TPSA) is 81.9 Å². The third-order valence-electron chi connectivity index (χ3n) is 4.43. The van der Waals surface area contributed by atoms with E-state index in [1.807, 2.05) is 36.6 Å². The molecule has 0 aliphatic heterocycles. The fourth-order valence-electron chi connectivity index (χ4n) is 3.01. The van der Waals surface area contributed by atoms with Gasteiger partial charge in [-0.2, -0.15) is 0 Å². The van der Waals surface area contributed by atoms with Gasteiger partial charge in [0.15, 0.2) is 5.82 Å². The summed E-state index contributed by atoms with van der Waals surface area (Å²) in [6, 6.07) is 12.2. The van der Waals surface area contributed by atoms with Crippen molar-refractivity contribution in [3.8, 4) is 22.1 Å². The Hall–Kier alpha value is -3.04. The van der Waals surface area contributed by atoms with Crippen LogP contribution in [0.25, 0.3) is 16.2 Å². The molecule has 0 aliphatic rings. The van der Waals surface area contributed by atoms with Gasteiger partial charge in [0.25, 0.3) is 10.0 Å². The number of rotatable bonds is 6. The molecule has 7 nitrogen and oxygen atoms in total. The lowest BCUT2D eigenvalue weighted by Gasteiger charge is -2.13. The summed E-state index contributed by atoms with van der Waals surface area (Å²) in [5.74, 6) is 1.01. The minimum Gasteiger partial charge on any atom is -0.497 e. The van der Waals surface area contributed by atoms with Crippen molar-refractivity contribution >= 4 is 32.8 Å². The molecule has 150 valence electrons. The fraction of sp³-hybridized carbons (Fsp3) is 0.150. The average molecular weight is 430 g/mol. The van der Waals surface area contributed by atoms with Gasteiger partial charge in [0.1, 0.15) is 27.7 Å². The zero-order valence-corrected chi connectivity index (χ0v) is 17.7. The third kappa shape index (κ3) is 3.54. The molecule has 3 aromatic heterocycles. The normalized spacial score (nSPS) is 11.6. The summed E-state index contributed by atoms with van der Waals surface area (Å²) in [6.45, 7) is 1.96. The number of methoxy groups -OCH3 is 2. The molecule has 0 amide bonds. The van der Waals surface area contributed by atoms with Gasteiger partial charge in [0.2, 0.25) is 0 Å². The molecule has 9 heteroatoms. The van der Waals surface area contributed by atoms with Crippen LogP contribution < -0.4 is 14.2 Å². The first-order valence-corrected chi connectivity index (χ1v) is 11.1. The molecule has 0 bridgehead atoms. The summed E-state index contributed by atoms with van der Waals surface area (Å²) in [7, 11) is -1.08. The second-order valence-corrected chi connectivity index (χ2v) is 8.94. The highest BCUT2D eigenvalue weighted by molar-refractivity contribution is 7.92. The number of fused-ring (bicyclic) bond motifs is 1. The van der Waals surface area contributed by atoms with E-state index in [2.05, 4.69) is 9.71 Å². The number of thiophene rings is 1. The predicted molar refractivity (Wildman–Crippen MR) is 114 cm³/mol. The number of imidazole rings is 1. The van der Waals surface area contributed by atoms with Crippen molar-refractivity contribution in [3.05, 3.63) is 59.6 Å². The molecule has 1 aromatic carbocycles. The van der Waals surface area contributed by atoms with Crippen LogP contribution in [-0.4, -0.2) is 32.0 Å². The number of sulfonamides is 1. The summed E-state index contributed by atoms with van der Waals surface area (Å²) >= 11 is 1.49. The second-order valence-electron chi connectivity index (χ2n) is 6.34. The Kier molecular flexibility index (Phi) is 4.93. The number of benzene rings is 1. The molecule has 0 aliphatic carbocycles. The number of anilines is 1. The molecule has 3 heterocycles. The van der Waals surface area contributed by atoms with Crippen LogP contribution in [0.5, 0.6) is 11.5 Å². The molecule has 29 heavy (non-hydrogen) atoms. The maximum Gasteiger partial charge on any atom is 0.266 e. The Morgan fingerprint density at radius 3 is 2.62 bits per heavy atom. The minimum absolute atomic E-state index is 0.0152. The van der Waals surface area contributed by atoms with E-state index in [0.29, 0.717) is 22.9 Å². The van der Waals surface area contributed by atoms with Gasteiger partial charge in [-0.3, -0.25) is 9.12 Å². The standard InChI is InChI=1S/C20H19N3O4S2/c1-13-8-9-23-18(11-13)21-19(16-5-4-10-28-16)20(23)22-29(24,25)17-12-14(26-2)6-7-15(17)27-3/h4-12,22H,1-3H3. The van der Waals surface area contributed by atoms with E-state index in [1.54, 1.807) is 22.7 Å². The van der Waals surface area contributed by atoms with Crippen molar-refractivity contribution < 1.29 is 17.9 Å². The Labute approximate surface area is 172 Å². The van der Waals surface area contributed by atoms with Gasteiger partial charge >= 0.3 is 0 Å². The predicted octanol–water partition coefficient (Wildman–Crippen LogP) is 4.19. The molecule has 0 radical (unpaired) electrons. The zero-order chi connectivity index (χ0) is 20.6. The van der Waals surface area contributed by atoms with E-state index in [1.165, 1.54) is 31.6 Å². The molecule has 4 rings (SSSR count). The maximum absolute atomic E-state index is 13.3. The number of pyridine rings is 1. The van der Waals surface area contributed by atoms with Crippen molar-refractivity contribution in [2.75, 3.05) is 18.9 Å². The third-order valence-corrected chi connectivity index (χ3v) is 6.66. The molecule has 4 aromatic rings. The SMILES string of the molecule is COc1ccc(OC)c(S(=O)(=O)Nc2c(-c3cccs3)nc3cc(C)ccn23)c1. The van der Waals surface area contributed by atoms with E-state index >= 15 is 0 Å². The largest absolute Gasteiger partial charge is 0.497 e. The number of nitrogens with zero attached hydrogens (tertiary/aromatic N) is 2.